The van der Waals surface area contributed by atoms with Crippen molar-refractivity contribution in [1.29, 1.82) is 0 Å². The van der Waals surface area contributed by atoms with Crippen LogP contribution in [0.2, 0.25) is 5.02 Å². The minimum absolute atomic E-state index is 0.0963. The molecule has 106 valence electrons. The quantitative estimate of drug-likeness (QED) is 0.843. The fraction of sp³-hybridized carbons (Fsp3) is 0.154. The molecule has 0 aliphatic rings. The summed E-state index contributed by atoms with van der Waals surface area (Å²) < 4.78 is 11.1. The summed E-state index contributed by atoms with van der Waals surface area (Å²) in [4.78, 5) is 10.7. The summed E-state index contributed by atoms with van der Waals surface area (Å²) in [5, 5.41) is 12.4. The van der Waals surface area contributed by atoms with Crippen molar-refractivity contribution >= 4 is 39.2 Å². The van der Waals surface area contributed by atoms with Crippen LogP contribution in [0.3, 0.4) is 0 Å². The van der Waals surface area contributed by atoms with Gasteiger partial charge >= 0.3 is 5.97 Å². The van der Waals surface area contributed by atoms with Gasteiger partial charge in [0, 0.05) is 5.02 Å². The summed E-state index contributed by atoms with van der Waals surface area (Å²) in [5.74, 6) is -0.0830. The number of rotatable bonds is 5. The van der Waals surface area contributed by atoms with E-state index >= 15 is 0 Å². The lowest BCUT2D eigenvalue weighted by atomic mass is 10.3. The van der Waals surface area contributed by atoms with Gasteiger partial charge in [-0.1, -0.05) is 11.6 Å². The van der Waals surface area contributed by atoms with E-state index < -0.39 is 5.97 Å². The lowest BCUT2D eigenvalue weighted by molar-refractivity contribution is 0.0660. The number of hydrogen-bond acceptors (Lipinski definition) is 4. The molecule has 2 aromatic rings. The highest BCUT2D eigenvalue weighted by Crippen LogP contribution is 2.36. The second-order valence-electron chi connectivity index (χ2n) is 3.89. The smallest absolute Gasteiger partial charge is 0.371 e. The minimum atomic E-state index is -1.10. The van der Waals surface area contributed by atoms with E-state index in [0.29, 0.717) is 28.8 Å². The van der Waals surface area contributed by atoms with Crippen LogP contribution < -0.4 is 10.1 Å². The van der Waals surface area contributed by atoms with Crippen molar-refractivity contribution in [1.82, 2.24) is 0 Å². The van der Waals surface area contributed by atoms with Gasteiger partial charge in [-0.05, 0) is 40.2 Å². The molecule has 5 nitrogen and oxygen atoms in total. The van der Waals surface area contributed by atoms with Crippen LogP contribution in [0.5, 0.6) is 5.75 Å². The molecular weight excluding hydrogens is 350 g/mol. The van der Waals surface area contributed by atoms with Crippen molar-refractivity contribution in [2.75, 3.05) is 12.4 Å². The molecular formula is C13H11BrClNO4. The van der Waals surface area contributed by atoms with E-state index in [4.69, 9.17) is 25.9 Å². The highest BCUT2D eigenvalue weighted by Gasteiger charge is 2.12. The number of carboxylic acids is 1. The average molecular weight is 361 g/mol. The zero-order chi connectivity index (χ0) is 14.7. The first-order chi connectivity index (χ1) is 9.51. The Hall–Kier alpha value is -1.66. The molecule has 0 saturated carbocycles. The van der Waals surface area contributed by atoms with Gasteiger partial charge in [-0.3, -0.25) is 0 Å². The van der Waals surface area contributed by atoms with Crippen molar-refractivity contribution in [3.63, 3.8) is 0 Å². The maximum Gasteiger partial charge on any atom is 0.371 e. The molecule has 0 unspecified atom stereocenters. The van der Waals surface area contributed by atoms with E-state index in [1.807, 2.05) is 0 Å². The number of aromatic carboxylic acids is 1. The number of benzene rings is 1. The van der Waals surface area contributed by atoms with E-state index in [2.05, 4.69) is 21.2 Å². The van der Waals surface area contributed by atoms with Crippen molar-refractivity contribution < 1.29 is 19.1 Å². The second kappa shape index (κ2) is 6.19. The highest BCUT2D eigenvalue weighted by atomic mass is 79.9. The summed E-state index contributed by atoms with van der Waals surface area (Å²) in [6, 6.07) is 6.44. The zero-order valence-electron chi connectivity index (χ0n) is 10.4. The van der Waals surface area contributed by atoms with E-state index in [9.17, 15) is 4.79 Å². The third-order valence-corrected chi connectivity index (χ3v) is 3.35. The number of halogens is 2. The summed E-state index contributed by atoms with van der Waals surface area (Å²) >= 11 is 9.34. The Labute approximate surface area is 128 Å². The molecule has 0 bridgehead atoms. The predicted molar refractivity (Wildman–Crippen MR) is 78.7 cm³/mol. The molecule has 20 heavy (non-hydrogen) atoms. The monoisotopic (exact) mass is 359 g/mol. The molecule has 0 saturated heterocycles. The normalized spacial score (nSPS) is 10.3. The van der Waals surface area contributed by atoms with Crippen molar-refractivity contribution in [3.05, 3.63) is 45.3 Å². The van der Waals surface area contributed by atoms with Crippen LogP contribution in [0.25, 0.3) is 0 Å². The second-order valence-corrected chi connectivity index (χ2v) is 5.18. The fourth-order valence-corrected chi connectivity index (χ4v) is 2.64. The average Bonchev–Trinajstić information content (AvgIpc) is 2.84. The first kappa shape index (κ1) is 14.7. The van der Waals surface area contributed by atoms with Crippen LogP contribution in [-0.4, -0.2) is 18.2 Å². The first-order valence-corrected chi connectivity index (χ1v) is 6.77. The largest absolute Gasteiger partial charge is 0.493 e. The maximum absolute atomic E-state index is 10.7. The van der Waals surface area contributed by atoms with E-state index in [1.165, 1.54) is 6.07 Å². The van der Waals surface area contributed by atoms with Crippen molar-refractivity contribution in [2.24, 2.45) is 0 Å². The standard InChI is InChI=1S/C13H11BrClNO4/c1-19-12-9(14)4-7(15)5-10(12)16-6-8-2-3-11(20-8)13(17)18/h2-5,16H,6H2,1H3,(H,17,18). The molecule has 1 aromatic carbocycles. The van der Waals surface area contributed by atoms with Gasteiger partial charge in [0.25, 0.3) is 0 Å². The number of carbonyl (C=O) groups is 1. The Morgan fingerprint density at radius 2 is 2.25 bits per heavy atom. The van der Waals surface area contributed by atoms with Crippen LogP contribution in [-0.2, 0) is 6.54 Å². The maximum atomic E-state index is 10.7. The molecule has 0 spiro atoms. The van der Waals surface area contributed by atoms with Gasteiger partial charge in [0.1, 0.15) is 5.76 Å². The van der Waals surface area contributed by atoms with Crippen LogP contribution in [0.4, 0.5) is 5.69 Å². The van der Waals surface area contributed by atoms with E-state index in [-0.39, 0.29) is 5.76 Å². The number of anilines is 1. The summed E-state index contributed by atoms with van der Waals surface area (Å²) in [6.07, 6.45) is 0. The topological polar surface area (TPSA) is 71.7 Å². The van der Waals surface area contributed by atoms with Gasteiger partial charge in [-0.2, -0.15) is 0 Å². The van der Waals surface area contributed by atoms with Gasteiger partial charge in [0.05, 0.1) is 23.8 Å². The summed E-state index contributed by atoms with van der Waals surface area (Å²) in [5.41, 5.74) is 0.681. The lowest BCUT2D eigenvalue weighted by Gasteiger charge is -2.12. The summed E-state index contributed by atoms with van der Waals surface area (Å²) in [7, 11) is 1.55. The Balaban J connectivity index is 2.15. The Morgan fingerprint density at radius 1 is 1.50 bits per heavy atom. The number of carboxylic acid groups (broad SMARTS) is 1. The Kier molecular flexibility index (Phi) is 4.57. The zero-order valence-corrected chi connectivity index (χ0v) is 12.8. The van der Waals surface area contributed by atoms with Crippen LogP contribution in [0.1, 0.15) is 16.3 Å². The van der Waals surface area contributed by atoms with Crippen LogP contribution in [0, 0.1) is 0 Å². The third kappa shape index (κ3) is 3.26. The van der Waals surface area contributed by atoms with Gasteiger partial charge in [0.2, 0.25) is 5.76 Å². The number of methoxy groups -OCH3 is 1. The molecule has 0 amide bonds. The number of hydrogen-bond donors (Lipinski definition) is 2. The van der Waals surface area contributed by atoms with Crippen molar-refractivity contribution in [3.8, 4) is 5.75 Å². The van der Waals surface area contributed by atoms with Crippen LogP contribution in [0.15, 0.2) is 33.2 Å². The molecule has 0 fully saturated rings. The van der Waals surface area contributed by atoms with E-state index in [1.54, 1.807) is 25.3 Å². The van der Waals surface area contributed by atoms with Gasteiger partial charge < -0.3 is 19.6 Å². The van der Waals surface area contributed by atoms with Gasteiger partial charge in [-0.15, -0.1) is 0 Å². The number of ether oxygens (including phenoxy) is 1. The molecule has 7 heteroatoms. The summed E-state index contributed by atoms with van der Waals surface area (Å²) in [6.45, 7) is 0.316. The first-order valence-electron chi connectivity index (χ1n) is 5.60. The molecule has 0 aliphatic heterocycles. The van der Waals surface area contributed by atoms with Gasteiger partial charge in [-0.25, -0.2) is 4.79 Å². The fourth-order valence-electron chi connectivity index (χ4n) is 1.67. The molecule has 1 aromatic heterocycles. The third-order valence-electron chi connectivity index (χ3n) is 2.54. The van der Waals surface area contributed by atoms with Crippen molar-refractivity contribution in [2.45, 2.75) is 6.54 Å². The molecule has 1 heterocycles. The molecule has 0 aliphatic carbocycles. The molecule has 2 N–H and O–H groups in total. The Morgan fingerprint density at radius 3 is 2.85 bits per heavy atom. The minimum Gasteiger partial charge on any atom is -0.493 e. The highest BCUT2D eigenvalue weighted by molar-refractivity contribution is 9.10. The number of nitrogens with one attached hydrogen (secondary N) is 1. The van der Waals surface area contributed by atoms with E-state index in [0.717, 1.165) is 4.47 Å². The molecule has 2 rings (SSSR count). The molecule has 0 atom stereocenters. The number of furan rings is 1. The lowest BCUT2D eigenvalue weighted by Crippen LogP contribution is -2.01. The van der Waals surface area contributed by atoms with Gasteiger partial charge in [0.15, 0.2) is 5.75 Å². The Bertz CT molecular complexity index is 641. The molecule has 0 radical (unpaired) electrons. The SMILES string of the molecule is COc1c(Br)cc(Cl)cc1NCc1ccc(C(=O)O)o1. The predicted octanol–water partition coefficient (Wildman–Crippen LogP) is 4.01. The van der Waals surface area contributed by atoms with Crippen LogP contribution >= 0.6 is 27.5 Å².